The van der Waals surface area contributed by atoms with Crippen LogP contribution in [0.2, 0.25) is 0 Å². The zero-order valence-electron chi connectivity index (χ0n) is 15.4. The van der Waals surface area contributed by atoms with Gasteiger partial charge in [-0.15, -0.1) is 0 Å². The molecule has 138 valence electrons. The van der Waals surface area contributed by atoms with Gasteiger partial charge in [-0.05, 0) is 18.1 Å². The Hall–Kier alpha value is -2.89. The van der Waals surface area contributed by atoms with Crippen LogP contribution in [0.5, 0.6) is 17.2 Å². The summed E-state index contributed by atoms with van der Waals surface area (Å²) in [6.07, 6.45) is 1.44. The molecule has 2 aromatic carbocycles. The average molecular weight is 356 g/mol. The van der Waals surface area contributed by atoms with E-state index in [1.807, 2.05) is 6.07 Å². The lowest BCUT2D eigenvalue weighted by Crippen LogP contribution is -2.26. The van der Waals surface area contributed by atoms with Crippen molar-refractivity contribution in [3.8, 4) is 17.2 Å². The van der Waals surface area contributed by atoms with Crippen molar-refractivity contribution in [1.29, 1.82) is 0 Å². The van der Waals surface area contributed by atoms with Crippen LogP contribution in [0.15, 0.2) is 36.4 Å². The van der Waals surface area contributed by atoms with Crippen molar-refractivity contribution in [2.75, 3.05) is 44.6 Å². The number of hydrogen-bond donors (Lipinski definition) is 1. The Bertz CT molecular complexity index is 766. The summed E-state index contributed by atoms with van der Waals surface area (Å²) in [5.41, 5.74) is 3.19. The highest BCUT2D eigenvalue weighted by Gasteiger charge is 2.19. The number of benzene rings is 2. The quantitative estimate of drug-likeness (QED) is 0.826. The second-order valence-corrected chi connectivity index (χ2v) is 6.08. The van der Waals surface area contributed by atoms with Gasteiger partial charge in [-0.25, -0.2) is 0 Å². The largest absolute Gasteiger partial charge is 0.493 e. The third kappa shape index (κ3) is 3.69. The average Bonchev–Trinajstić information content (AvgIpc) is 3.08. The molecule has 0 spiro atoms. The Kier molecular flexibility index (Phi) is 5.51. The van der Waals surface area contributed by atoms with Crippen LogP contribution < -0.4 is 24.4 Å². The van der Waals surface area contributed by atoms with Crippen molar-refractivity contribution < 1.29 is 19.0 Å². The van der Waals surface area contributed by atoms with Crippen molar-refractivity contribution in [2.45, 2.75) is 12.8 Å². The first-order valence-electron chi connectivity index (χ1n) is 8.59. The van der Waals surface area contributed by atoms with E-state index in [-0.39, 0.29) is 5.91 Å². The van der Waals surface area contributed by atoms with Crippen LogP contribution >= 0.6 is 0 Å². The number of methoxy groups -OCH3 is 3. The van der Waals surface area contributed by atoms with E-state index < -0.39 is 0 Å². The van der Waals surface area contributed by atoms with E-state index in [2.05, 4.69) is 28.4 Å². The summed E-state index contributed by atoms with van der Waals surface area (Å²) >= 11 is 0. The second kappa shape index (κ2) is 7.99. The molecule has 0 fully saturated rings. The number of carbonyl (C=O) groups excluding carboxylic acids is 1. The van der Waals surface area contributed by atoms with E-state index >= 15 is 0 Å². The Balaban J connectivity index is 1.64. The number of para-hydroxylation sites is 1. The minimum Gasteiger partial charge on any atom is -0.493 e. The molecule has 26 heavy (non-hydrogen) atoms. The molecule has 1 aliphatic heterocycles. The number of fused-ring (bicyclic) bond motifs is 1. The van der Waals surface area contributed by atoms with Crippen molar-refractivity contribution in [3.05, 3.63) is 42.0 Å². The van der Waals surface area contributed by atoms with Crippen LogP contribution in [-0.4, -0.2) is 40.3 Å². The van der Waals surface area contributed by atoms with E-state index in [1.54, 1.807) is 33.5 Å². The maximum atomic E-state index is 12.4. The predicted octanol–water partition coefficient (Wildman–Crippen LogP) is 3.10. The first-order chi connectivity index (χ1) is 12.7. The van der Waals surface area contributed by atoms with Gasteiger partial charge >= 0.3 is 0 Å². The summed E-state index contributed by atoms with van der Waals surface area (Å²) in [5.74, 6) is 1.47. The summed E-state index contributed by atoms with van der Waals surface area (Å²) in [7, 11) is 4.65. The molecule has 2 aromatic rings. The van der Waals surface area contributed by atoms with Crippen LogP contribution in [0.1, 0.15) is 12.0 Å². The minimum absolute atomic E-state index is 0.0522. The molecular formula is C20H24N2O4. The zero-order chi connectivity index (χ0) is 18.5. The smallest absolute Gasteiger partial charge is 0.226 e. The van der Waals surface area contributed by atoms with Crippen molar-refractivity contribution in [2.24, 2.45) is 0 Å². The molecule has 6 nitrogen and oxygen atoms in total. The van der Waals surface area contributed by atoms with E-state index in [4.69, 9.17) is 14.2 Å². The molecule has 0 unspecified atom stereocenters. The van der Waals surface area contributed by atoms with Gasteiger partial charge in [-0.1, -0.05) is 18.2 Å². The number of carbonyl (C=O) groups is 1. The molecule has 1 heterocycles. The van der Waals surface area contributed by atoms with Gasteiger partial charge in [-0.3, -0.25) is 4.79 Å². The SMILES string of the molecule is COc1cc(NC(=O)CCN2CCc3ccccc32)cc(OC)c1OC. The molecular weight excluding hydrogens is 332 g/mol. The van der Waals surface area contributed by atoms with Gasteiger partial charge in [0.05, 0.1) is 21.3 Å². The number of ether oxygens (including phenoxy) is 3. The van der Waals surface area contributed by atoms with Gasteiger partial charge in [0.2, 0.25) is 11.7 Å². The van der Waals surface area contributed by atoms with Gasteiger partial charge in [0.1, 0.15) is 0 Å². The first kappa shape index (κ1) is 17.9. The number of nitrogens with one attached hydrogen (secondary N) is 1. The Morgan fingerprint density at radius 1 is 1.08 bits per heavy atom. The summed E-state index contributed by atoms with van der Waals surface area (Å²) in [6.45, 7) is 1.64. The molecule has 3 rings (SSSR count). The summed E-state index contributed by atoms with van der Waals surface area (Å²) in [4.78, 5) is 14.6. The van der Waals surface area contributed by atoms with Gasteiger partial charge in [-0.2, -0.15) is 0 Å². The van der Waals surface area contributed by atoms with Gasteiger partial charge in [0, 0.05) is 43.0 Å². The number of anilines is 2. The molecule has 0 saturated heterocycles. The molecule has 1 amide bonds. The lowest BCUT2D eigenvalue weighted by molar-refractivity contribution is -0.116. The summed E-state index contributed by atoms with van der Waals surface area (Å²) in [6, 6.07) is 11.8. The molecule has 0 atom stereocenters. The fraction of sp³-hybridized carbons (Fsp3) is 0.350. The maximum absolute atomic E-state index is 12.4. The molecule has 0 aromatic heterocycles. The highest BCUT2D eigenvalue weighted by Crippen LogP contribution is 2.40. The molecule has 6 heteroatoms. The molecule has 0 radical (unpaired) electrons. The highest BCUT2D eigenvalue weighted by atomic mass is 16.5. The fourth-order valence-corrected chi connectivity index (χ4v) is 3.25. The Morgan fingerprint density at radius 2 is 1.77 bits per heavy atom. The van der Waals surface area contributed by atoms with Crippen molar-refractivity contribution in [3.63, 3.8) is 0 Å². The summed E-state index contributed by atoms with van der Waals surface area (Å²) in [5, 5.41) is 2.91. The van der Waals surface area contributed by atoms with E-state index in [1.165, 1.54) is 11.3 Å². The number of hydrogen-bond acceptors (Lipinski definition) is 5. The lowest BCUT2D eigenvalue weighted by atomic mass is 10.2. The van der Waals surface area contributed by atoms with E-state index in [9.17, 15) is 4.79 Å². The predicted molar refractivity (Wildman–Crippen MR) is 102 cm³/mol. The Labute approximate surface area is 153 Å². The van der Waals surface area contributed by atoms with Crippen molar-refractivity contribution in [1.82, 2.24) is 0 Å². The van der Waals surface area contributed by atoms with Crippen molar-refractivity contribution >= 4 is 17.3 Å². The molecule has 0 saturated carbocycles. The van der Waals surface area contributed by atoms with Gasteiger partial charge in [0.25, 0.3) is 0 Å². The van der Waals surface area contributed by atoms with E-state index in [0.717, 1.165) is 13.0 Å². The molecule has 0 bridgehead atoms. The van der Waals surface area contributed by atoms with E-state index in [0.29, 0.717) is 35.9 Å². The molecule has 1 aliphatic rings. The van der Waals surface area contributed by atoms with Crippen LogP contribution in [-0.2, 0) is 11.2 Å². The number of amides is 1. The van der Waals surface area contributed by atoms with Crippen LogP contribution in [0.3, 0.4) is 0 Å². The third-order valence-electron chi connectivity index (χ3n) is 4.54. The molecule has 1 N–H and O–H groups in total. The van der Waals surface area contributed by atoms with Gasteiger partial charge < -0.3 is 24.4 Å². The number of rotatable bonds is 7. The standard InChI is InChI=1S/C20H24N2O4/c1-24-17-12-15(13-18(25-2)20(17)26-3)21-19(23)9-11-22-10-8-14-6-4-5-7-16(14)22/h4-7,12-13H,8-11H2,1-3H3,(H,21,23). The Morgan fingerprint density at radius 3 is 2.42 bits per heavy atom. The highest BCUT2D eigenvalue weighted by molar-refractivity contribution is 5.92. The lowest BCUT2D eigenvalue weighted by Gasteiger charge is -2.19. The van der Waals surface area contributed by atoms with Crippen LogP contribution in [0.4, 0.5) is 11.4 Å². The third-order valence-corrected chi connectivity index (χ3v) is 4.54. The second-order valence-electron chi connectivity index (χ2n) is 6.08. The fourth-order valence-electron chi connectivity index (χ4n) is 3.25. The molecule has 0 aliphatic carbocycles. The van der Waals surface area contributed by atoms with Crippen LogP contribution in [0, 0.1) is 0 Å². The first-order valence-corrected chi connectivity index (χ1v) is 8.59. The maximum Gasteiger partial charge on any atom is 0.226 e. The van der Waals surface area contributed by atoms with Gasteiger partial charge in [0.15, 0.2) is 11.5 Å². The normalized spacial score (nSPS) is 12.5. The minimum atomic E-state index is -0.0522. The zero-order valence-corrected chi connectivity index (χ0v) is 15.4. The summed E-state index contributed by atoms with van der Waals surface area (Å²) < 4.78 is 15.9. The monoisotopic (exact) mass is 356 g/mol. The topological polar surface area (TPSA) is 60.0 Å². The number of nitrogens with zero attached hydrogens (tertiary/aromatic N) is 1. The van der Waals surface area contributed by atoms with Crippen LogP contribution in [0.25, 0.3) is 0 Å².